The summed E-state index contributed by atoms with van der Waals surface area (Å²) in [5.74, 6) is 0.575. The Labute approximate surface area is 105 Å². The first-order chi connectivity index (χ1) is 8.72. The molecule has 0 bridgehead atoms. The molecule has 0 N–H and O–H groups in total. The van der Waals surface area contributed by atoms with Crippen LogP contribution >= 0.6 is 0 Å². The van der Waals surface area contributed by atoms with Gasteiger partial charge in [-0.15, -0.1) is 0 Å². The van der Waals surface area contributed by atoms with Crippen LogP contribution in [0.25, 0.3) is 5.57 Å². The van der Waals surface area contributed by atoms with Gasteiger partial charge in [0, 0.05) is 25.4 Å². The minimum atomic E-state index is -0.295. The van der Waals surface area contributed by atoms with Crippen molar-refractivity contribution in [3.63, 3.8) is 0 Å². The summed E-state index contributed by atoms with van der Waals surface area (Å²) in [7, 11) is 1.56. The first-order valence-corrected chi connectivity index (χ1v) is 5.65. The molecule has 0 aromatic carbocycles. The van der Waals surface area contributed by atoms with Gasteiger partial charge in [-0.25, -0.2) is 0 Å². The summed E-state index contributed by atoms with van der Waals surface area (Å²) in [6.07, 6.45) is 4.65. The van der Waals surface area contributed by atoms with Gasteiger partial charge < -0.3 is 9.32 Å². The second kappa shape index (κ2) is 5.32. The summed E-state index contributed by atoms with van der Waals surface area (Å²) in [4.78, 5) is 17.3. The fraction of sp³-hybridized carbons (Fsp3) is 0.308. The third-order valence-electron chi connectivity index (χ3n) is 2.61. The van der Waals surface area contributed by atoms with Gasteiger partial charge in [-0.05, 0) is 18.6 Å². The Hall–Kier alpha value is -2.35. The summed E-state index contributed by atoms with van der Waals surface area (Å²) in [6, 6.07) is 5.29. The lowest BCUT2D eigenvalue weighted by Crippen LogP contribution is -2.26. The van der Waals surface area contributed by atoms with Crippen LogP contribution in [0.15, 0.2) is 27.6 Å². The van der Waals surface area contributed by atoms with Gasteiger partial charge in [-0.2, -0.15) is 5.26 Å². The first-order valence-electron chi connectivity index (χ1n) is 5.65. The molecule has 0 radical (unpaired) electrons. The molecule has 0 atom stereocenters. The predicted octanol–water partition coefficient (Wildman–Crippen LogP) is 1.73. The van der Waals surface area contributed by atoms with E-state index in [-0.39, 0.29) is 18.2 Å². The highest BCUT2D eigenvalue weighted by molar-refractivity contribution is 6.09. The Kier molecular flexibility index (Phi) is 3.58. The number of amides is 1. The van der Waals surface area contributed by atoms with Crippen molar-refractivity contribution in [1.29, 1.82) is 5.26 Å². The normalized spacial score (nSPS) is 13.9. The van der Waals surface area contributed by atoms with Gasteiger partial charge >= 0.3 is 0 Å². The van der Waals surface area contributed by atoms with Gasteiger partial charge in [0.1, 0.15) is 12.3 Å². The smallest absolute Gasteiger partial charge is 0.290 e. The Morgan fingerprint density at radius 2 is 2.44 bits per heavy atom. The van der Waals surface area contributed by atoms with Crippen molar-refractivity contribution in [1.82, 2.24) is 4.90 Å². The number of aliphatic imine (C=N–C) groups is 1. The van der Waals surface area contributed by atoms with Crippen LogP contribution in [0, 0.1) is 11.3 Å². The summed E-state index contributed by atoms with van der Waals surface area (Å²) in [5, 5.41) is 8.54. The van der Waals surface area contributed by atoms with Crippen molar-refractivity contribution >= 4 is 17.7 Å². The van der Waals surface area contributed by atoms with E-state index in [9.17, 15) is 4.79 Å². The molecule has 2 heterocycles. The van der Waals surface area contributed by atoms with Crippen molar-refractivity contribution in [3.05, 3.63) is 29.7 Å². The number of hydrogen-bond donors (Lipinski definition) is 0. The van der Waals surface area contributed by atoms with E-state index in [0.29, 0.717) is 5.76 Å². The molecule has 1 amide bonds. The Bertz CT molecular complexity index is 549. The van der Waals surface area contributed by atoms with Crippen LogP contribution < -0.4 is 0 Å². The number of dihydropyridines is 1. The van der Waals surface area contributed by atoms with E-state index in [1.165, 1.54) is 4.90 Å². The molecule has 1 aromatic heterocycles. The molecule has 1 aromatic rings. The largest absolute Gasteiger partial charge is 0.451 e. The molecular formula is C13H13N3O2. The number of allylic oxidation sites excluding steroid dienone is 1. The van der Waals surface area contributed by atoms with Gasteiger partial charge in [0.05, 0.1) is 6.07 Å². The van der Waals surface area contributed by atoms with Gasteiger partial charge in [0.15, 0.2) is 5.76 Å². The van der Waals surface area contributed by atoms with Crippen LogP contribution in [-0.2, 0) is 0 Å². The number of nitrogens with zero attached hydrogens (tertiary/aromatic N) is 3. The van der Waals surface area contributed by atoms with E-state index in [1.807, 2.05) is 12.1 Å². The summed E-state index contributed by atoms with van der Waals surface area (Å²) in [6.45, 7) is 0.833. The standard InChI is InChI=1S/C13H13N3O2/c1-16(8-6-14)13(17)12-5-4-11(18-12)10-3-2-7-15-9-10/h3-5,9H,2,7-8H2,1H3. The predicted molar refractivity (Wildman–Crippen MR) is 67.2 cm³/mol. The number of nitriles is 1. The Balaban J connectivity index is 2.16. The molecule has 92 valence electrons. The maximum atomic E-state index is 11.9. The lowest BCUT2D eigenvalue weighted by Gasteiger charge is -2.10. The van der Waals surface area contributed by atoms with Crippen molar-refractivity contribution < 1.29 is 9.21 Å². The lowest BCUT2D eigenvalue weighted by molar-refractivity contribution is 0.0780. The first kappa shape index (κ1) is 12.1. The van der Waals surface area contributed by atoms with Crippen molar-refractivity contribution in [3.8, 4) is 6.07 Å². The minimum absolute atomic E-state index is 0.0407. The lowest BCUT2D eigenvalue weighted by atomic mass is 10.1. The van der Waals surface area contributed by atoms with Crippen molar-refractivity contribution in [2.45, 2.75) is 6.42 Å². The Morgan fingerprint density at radius 3 is 3.11 bits per heavy atom. The van der Waals surface area contributed by atoms with Gasteiger partial charge in [0.2, 0.25) is 0 Å². The molecule has 1 aliphatic rings. The monoisotopic (exact) mass is 243 g/mol. The number of carbonyl (C=O) groups excluding carboxylic acids is 1. The van der Waals surface area contributed by atoms with Crippen LogP contribution in [0.2, 0.25) is 0 Å². The van der Waals surface area contributed by atoms with Gasteiger partial charge in [-0.1, -0.05) is 6.08 Å². The summed E-state index contributed by atoms with van der Waals surface area (Å²) in [5.41, 5.74) is 0.892. The highest BCUT2D eigenvalue weighted by Gasteiger charge is 2.16. The Morgan fingerprint density at radius 1 is 1.61 bits per heavy atom. The molecule has 0 fully saturated rings. The van der Waals surface area contributed by atoms with E-state index >= 15 is 0 Å². The number of carbonyl (C=O) groups is 1. The van der Waals surface area contributed by atoms with E-state index in [0.717, 1.165) is 18.5 Å². The van der Waals surface area contributed by atoms with Crippen LogP contribution in [0.4, 0.5) is 0 Å². The molecule has 0 spiro atoms. The molecule has 5 nitrogen and oxygen atoms in total. The van der Waals surface area contributed by atoms with Crippen LogP contribution in [-0.4, -0.2) is 37.2 Å². The maximum Gasteiger partial charge on any atom is 0.290 e. The average molecular weight is 243 g/mol. The molecule has 2 rings (SSSR count). The zero-order valence-electron chi connectivity index (χ0n) is 10.1. The van der Waals surface area contributed by atoms with Gasteiger partial charge in [0.25, 0.3) is 5.91 Å². The molecule has 5 heteroatoms. The molecule has 0 unspecified atom stereocenters. The zero-order valence-corrected chi connectivity index (χ0v) is 10.1. The van der Waals surface area contributed by atoms with Crippen molar-refractivity contribution in [2.75, 3.05) is 20.1 Å². The molecule has 18 heavy (non-hydrogen) atoms. The minimum Gasteiger partial charge on any atom is -0.451 e. The number of furan rings is 1. The fourth-order valence-electron chi connectivity index (χ4n) is 1.65. The topological polar surface area (TPSA) is 69.6 Å². The van der Waals surface area contributed by atoms with E-state index < -0.39 is 0 Å². The van der Waals surface area contributed by atoms with Crippen molar-refractivity contribution in [2.24, 2.45) is 4.99 Å². The van der Waals surface area contributed by atoms with Gasteiger partial charge in [-0.3, -0.25) is 9.79 Å². The molecule has 0 aliphatic carbocycles. The van der Waals surface area contributed by atoms with Crippen LogP contribution in [0.1, 0.15) is 22.7 Å². The van der Waals surface area contributed by atoms with E-state index in [2.05, 4.69) is 4.99 Å². The molecular weight excluding hydrogens is 230 g/mol. The van der Waals surface area contributed by atoms with Crippen LogP contribution in [0.3, 0.4) is 0 Å². The highest BCUT2D eigenvalue weighted by atomic mass is 16.4. The zero-order chi connectivity index (χ0) is 13.0. The fourth-order valence-corrected chi connectivity index (χ4v) is 1.65. The second-order valence-electron chi connectivity index (χ2n) is 3.97. The molecule has 1 aliphatic heterocycles. The molecule has 0 saturated carbocycles. The van der Waals surface area contributed by atoms with E-state index in [1.54, 1.807) is 25.4 Å². The van der Waals surface area contributed by atoms with E-state index in [4.69, 9.17) is 9.68 Å². The summed E-state index contributed by atoms with van der Waals surface area (Å²) < 4.78 is 5.49. The summed E-state index contributed by atoms with van der Waals surface area (Å²) >= 11 is 0. The SMILES string of the molecule is CN(CC#N)C(=O)c1ccc(C2=CCCN=C2)o1. The second-order valence-corrected chi connectivity index (χ2v) is 3.97. The number of rotatable bonds is 3. The average Bonchev–Trinajstić information content (AvgIpc) is 2.89. The van der Waals surface area contributed by atoms with Crippen LogP contribution in [0.5, 0.6) is 0 Å². The third-order valence-corrected chi connectivity index (χ3v) is 2.61. The maximum absolute atomic E-state index is 11.9. The quantitative estimate of drug-likeness (QED) is 0.759. The third kappa shape index (κ3) is 2.48. The molecule has 0 saturated heterocycles. The number of hydrogen-bond acceptors (Lipinski definition) is 4. The highest BCUT2D eigenvalue weighted by Crippen LogP contribution is 2.19.